The number of aromatic nitrogens is 3. The van der Waals surface area contributed by atoms with Crippen molar-refractivity contribution in [3.63, 3.8) is 0 Å². The first-order chi connectivity index (χ1) is 10.1. The fourth-order valence-corrected chi connectivity index (χ4v) is 2.09. The normalized spacial score (nSPS) is 12.1. The van der Waals surface area contributed by atoms with Crippen molar-refractivity contribution in [2.45, 2.75) is 32.2 Å². The standard InChI is InChI=1S/C15H21N5O/c1-3-4-8-12(16)15(21)18-13-9-6-5-7-11(13)14-19-17-10-20(14)2/h5-7,9-10,12H,3-4,8,16H2,1-2H3,(H,18,21). The Hall–Kier alpha value is -2.21. The number of rotatable bonds is 6. The zero-order chi connectivity index (χ0) is 15.2. The molecule has 6 nitrogen and oxygen atoms in total. The monoisotopic (exact) mass is 287 g/mol. The second-order valence-electron chi connectivity index (χ2n) is 5.05. The van der Waals surface area contributed by atoms with Crippen molar-refractivity contribution in [3.05, 3.63) is 30.6 Å². The Bertz CT molecular complexity index is 608. The Morgan fingerprint density at radius 1 is 1.43 bits per heavy atom. The van der Waals surface area contributed by atoms with Crippen LogP contribution in [0, 0.1) is 0 Å². The molecule has 0 saturated carbocycles. The quantitative estimate of drug-likeness (QED) is 0.850. The molecule has 1 amide bonds. The summed E-state index contributed by atoms with van der Waals surface area (Å²) in [6, 6.07) is 7.02. The lowest BCUT2D eigenvalue weighted by Gasteiger charge is -2.14. The number of amides is 1. The van der Waals surface area contributed by atoms with E-state index >= 15 is 0 Å². The van der Waals surface area contributed by atoms with E-state index in [9.17, 15) is 4.79 Å². The Morgan fingerprint density at radius 2 is 2.19 bits per heavy atom. The van der Waals surface area contributed by atoms with Gasteiger partial charge < -0.3 is 15.6 Å². The van der Waals surface area contributed by atoms with Gasteiger partial charge in [0.25, 0.3) is 0 Å². The third kappa shape index (κ3) is 3.66. The van der Waals surface area contributed by atoms with Crippen molar-refractivity contribution in [3.8, 4) is 11.4 Å². The zero-order valence-electron chi connectivity index (χ0n) is 12.4. The van der Waals surface area contributed by atoms with E-state index in [1.807, 2.05) is 35.9 Å². The highest BCUT2D eigenvalue weighted by Gasteiger charge is 2.16. The minimum atomic E-state index is -0.488. The van der Waals surface area contributed by atoms with Crippen LogP contribution in [0.5, 0.6) is 0 Å². The van der Waals surface area contributed by atoms with Crippen molar-refractivity contribution >= 4 is 11.6 Å². The van der Waals surface area contributed by atoms with Gasteiger partial charge in [-0.15, -0.1) is 10.2 Å². The van der Waals surface area contributed by atoms with E-state index in [1.54, 1.807) is 6.33 Å². The predicted molar refractivity (Wildman–Crippen MR) is 82.6 cm³/mol. The number of carbonyl (C=O) groups excluding carboxylic acids is 1. The Labute approximate surface area is 124 Å². The second kappa shape index (κ2) is 6.99. The number of anilines is 1. The first-order valence-corrected chi connectivity index (χ1v) is 7.13. The van der Waals surface area contributed by atoms with Gasteiger partial charge in [-0.25, -0.2) is 0 Å². The molecule has 0 fully saturated rings. The van der Waals surface area contributed by atoms with Crippen molar-refractivity contribution in [2.24, 2.45) is 12.8 Å². The highest BCUT2D eigenvalue weighted by Crippen LogP contribution is 2.25. The topological polar surface area (TPSA) is 85.8 Å². The molecule has 2 rings (SSSR count). The molecular weight excluding hydrogens is 266 g/mol. The maximum absolute atomic E-state index is 12.1. The van der Waals surface area contributed by atoms with Gasteiger partial charge in [0.15, 0.2) is 5.82 Å². The Morgan fingerprint density at radius 3 is 2.86 bits per heavy atom. The Kier molecular flexibility index (Phi) is 5.05. The molecule has 2 aromatic rings. The molecule has 1 atom stereocenters. The molecule has 1 unspecified atom stereocenters. The summed E-state index contributed by atoms with van der Waals surface area (Å²) in [5, 5.41) is 10.8. The lowest BCUT2D eigenvalue weighted by Crippen LogP contribution is -2.35. The molecule has 1 heterocycles. The van der Waals surface area contributed by atoms with Crippen LogP contribution in [0.25, 0.3) is 11.4 Å². The predicted octanol–water partition coefficient (Wildman–Crippen LogP) is 1.94. The molecule has 6 heteroatoms. The maximum Gasteiger partial charge on any atom is 0.241 e. The molecule has 0 spiro atoms. The Balaban J connectivity index is 2.18. The number of nitrogens with zero attached hydrogens (tertiary/aromatic N) is 3. The van der Waals surface area contributed by atoms with Crippen LogP contribution in [0.4, 0.5) is 5.69 Å². The van der Waals surface area contributed by atoms with Crippen molar-refractivity contribution in [2.75, 3.05) is 5.32 Å². The van der Waals surface area contributed by atoms with Gasteiger partial charge >= 0.3 is 0 Å². The molecule has 0 radical (unpaired) electrons. The lowest BCUT2D eigenvalue weighted by molar-refractivity contribution is -0.117. The van der Waals surface area contributed by atoms with E-state index in [1.165, 1.54) is 0 Å². The number of unbranched alkanes of at least 4 members (excludes halogenated alkanes) is 1. The van der Waals surface area contributed by atoms with Crippen LogP contribution in [-0.4, -0.2) is 26.7 Å². The minimum Gasteiger partial charge on any atom is -0.324 e. The molecule has 0 aliphatic rings. The van der Waals surface area contributed by atoms with Gasteiger partial charge in [-0.1, -0.05) is 31.9 Å². The highest BCUT2D eigenvalue weighted by molar-refractivity contribution is 5.97. The summed E-state index contributed by atoms with van der Waals surface area (Å²) >= 11 is 0. The van der Waals surface area contributed by atoms with Crippen molar-refractivity contribution in [1.82, 2.24) is 14.8 Å². The molecule has 112 valence electrons. The van der Waals surface area contributed by atoms with Gasteiger partial charge in [0.1, 0.15) is 6.33 Å². The molecule has 0 aliphatic heterocycles. The molecule has 21 heavy (non-hydrogen) atoms. The number of nitrogens with two attached hydrogens (primary N) is 1. The van der Waals surface area contributed by atoms with Crippen molar-refractivity contribution < 1.29 is 4.79 Å². The van der Waals surface area contributed by atoms with Gasteiger partial charge in [0.2, 0.25) is 5.91 Å². The van der Waals surface area contributed by atoms with E-state index in [0.29, 0.717) is 17.9 Å². The number of hydrogen-bond donors (Lipinski definition) is 2. The summed E-state index contributed by atoms with van der Waals surface area (Å²) in [5.74, 6) is 0.533. The molecule has 0 bridgehead atoms. The minimum absolute atomic E-state index is 0.168. The second-order valence-corrected chi connectivity index (χ2v) is 5.05. The van der Waals surface area contributed by atoms with E-state index in [4.69, 9.17) is 5.73 Å². The molecule has 0 saturated heterocycles. The smallest absolute Gasteiger partial charge is 0.241 e. The summed E-state index contributed by atoms with van der Waals surface area (Å²) in [6.45, 7) is 2.08. The molecule has 1 aromatic carbocycles. The van der Waals surface area contributed by atoms with Crippen LogP contribution < -0.4 is 11.1 Å². The van der Waals surface area contributed by atoms with Crippen LogP contribution >= 0.6 is 0 Å². The summed E-state index contributed by atoms with van der Waals surface area (Å²) in [5.41, 5.74) is 7.43. The highest BCUT2D eigenvalue weighted by atomic mass is 16.2. The fraction of sp³-hybridized carbons (Fsp3) is 0.400. The van der Waals surface area contributed by atoms with Gasteiger partial charge in [-0.05, 0) is 18.6 Å². The van der Waals surface area contributed by atoms with Crippen LogP contribution in [0.2, 0.25) is 0 Å². The van der Waals surface area contributed by atoms with Crippen LogP contribution in [0.3, 0.4) is 0 Å². The summed E-state index contributed by atoms with van der Waals surface area (Å²) in [6.07, 6.45) is 4.28. The van der Waals surface area contributed by atoms with Gasteiger partial charge in [-0.3, -0.25) is 4.79 Å². The molecule has 1 aromatic heterocycles. The van der Waals surface area contributed by atoms with Gasteiger partial charge in [-0.2, -0.15) is 0 Å². The third-order valence-corrected chi connectivity index (χ3v) is 3.34. The fourth-order valence-electron chi connectivity index (χ4n) is 2.09. The average molecular weight is 287 g/mol. The number of aryl methyl sites for hydroxylation is 1. The average Bonchev–Trinajstić information content (AvgIpc) is 2.91. The number of benzene rings is 1. The first kappa shape index (κ1) is 15.2. The van der Waals surface area contributed by atoms with E-state index in [0.717, 1.165) is 18.4 Å². The molecule has 0 aliphatic carbocycles. The lowest BCUT2D eigenvalue weighted by atomic mass is 10.1. The summed E-state index contributed by atoms with van der Waals surface area (Å²) in [7, 11) is 1.86. The maximum atomic E-state index is 12.1. The largest absolute Gasteiger partial charge is 0.324 e. The first-order valence-electron chi connectivity index (χ1n) is 7.13. The number of para-hydroxylation sites is 1. The summed E-state index contributed by atoms with van der Waals surface area (Å²) < 4.78 is 1.81. The van der Waals surface area contributed by atoms with Gasteiger partial charge in [0.05, 0.1) is 11.7 Å². The molecule has 3 N–H and O–H groups in total. The molecular formula is C15H21N5O. The van der Waals surface area contributed by atoms with Crippen molar-refractivity contribution in [1.29, 1.82) is 0 Å². The summed E-state index contributed by atoms with van der Waals surface area (Å²) in [4.78, 5) is 12.1. The number of hydrogen-bond acceptors (Lipinski definition) is 4. The van der Waals surface area contributed by atoms with E-state index in [2.05, 4.69) is 22.4 Å². The van der Waals surface area contributed by atoms with Gasteiger partial charge in [0, 0.05) is 12.6 Å². The van der Waals surface area contributed by atoms with E-state index in [-0.39, 0.29) is 5.91 Å². The SMILES string of the molecule is CCCCC(N)C(=O)Nc1ccccc1-c1nncn1C. The van der Waals surface area contributed by atoms with Crippen LogP contribution in [-0.2, 0) is 11.8 Å². The number of carbonyl (C=O) groups is 1. The number of nitrogens with one attached hydrogen (secondary N) is 1. The third-order valence-electron chi connectivity index (χ3n) is 3.34. The van der Waals surface area contributed by atoms with Crippen LogP contribution in [0.1, 0.15) is 26.2 Å². The zero-order valence-corrected chi connectivity index (χ0v) is 12.4. The van der Waals surface area contributed by atoms with E-state index < -0.39 is 6.04 Å². The van der Waals surface area contributed by atoms with Crippen LogP contribution in [0.15, 0.2) is 30.6 Å².